The lowest BCUT2D eigenvalue weighted by Crippen LogP contribution is -1.98. The van der Waals surface area contributed by atoms with E-state index >= 15 is 0 Å². The molecule has 3 nitrogen and oxygen atoms in total. The highest BCUT2D eigenvalue weighted by Gasteiger charge is 2.14. The predicted molar refractivity (Wildman–Crippen MR) is 93.3 cm³/mol. The summed E-state index contributed by atoms with van der Waals surface area (Å²) in [6, 6.07) is 15.2. The Kier molecular flexibility index (Phi) is 4.30. The zero-order chi connectivity index (χ0) is 16.4. The van der Waals surface area contributed by atoms with E-state index in [0.717, 1.165) is 28.5 Å². The van der Waals surface area contributed by atoms with E-state index in [-0.39, 0.29) is 0 Å². The second kappa shape index (κ2) is 6.39. The number of aryl methyl sites for hydroxylation is 1. The molecule has 0 saturated heterocycles. The number of fused-ring (bicyclic) bond motifs is 1. The number of benzene rings is 2. The lowest BCUT2D eigenvalue weighted by atomic mass is 10.0. The van der Waals surface area contributed by atoms with Gasteiger partial charge in [-0.25, -0.2) is 4.98 Å². The summed E-state index contributed by atoms with van der Waals surface area (Å²) in [6.45, 7) is 2.07. The molecule has 0 unspecified atom stereocenters. The van der Waals surface area contributed by atoms with Crippen molar-refractivity contribution in [2.45, 2.75) is 13.3 Å². The van der Waals surface area contributed by atoms with Crippen molar-refractivity contribution in [1.29, 1.82) is 0 Å². The molecule has 3 rings (SSSR count). The number of carbonyl (C=O) groups is 1. The number of aromatic nitrogens is 1. The quantitative estimate of drug-likeness (QED) is 0.643. The van der Waals surface area contributed by atoms with Gasteiger partial charge in [0.05, 0.1) is 18.3 Å². The summed E-state index contributed by atoms with van der Waals surface area (Å²) in [5.74, 6) is 0.706. The van der Waals surface area contributed by atoms with Crippen molar-refractivity contribution in [1.82, 2.24) is 4.98 Å². The van der Waals surface area contributed by atoms with E-state index in [0.29, 0.717) is 17.0 Å². The van der Waals surface area contributed by atoms with Crippen LogP contribution in [0, 0.1) is 0 Å². The Morgan fingerprint density at radius 3 is 2.65 bits per heavy atom. The monoisotopic (exact) mass is 325 g/mol. The minimum atomic E-state index is -0.484. The Hall–Kier alpha value is -2.39. The Bertz CT molecular complexity index is 890. The number of para-hydroxylation sites is 1. The van der Waals surface area contributed by atoms with E-state index in [2.05, 4.69) is 11.9 Å². The van der Waals surface area contributed by atoms with Crippen molar-refractivity contribution in [3.63, 3.8) is 0 Å². The van der Waals surface area contributed by atoms with Crippen molar-refractivity contribution >= 4 is 27.7 Å². The molecule has 1 heterocycles. The summed E-state index contributed by atoms with van der Waals surface area (Å²) in [7, 11) is 1.61. The topological polar surface area (TPSA) is 39.2 Å². The average Bonchev–Trinajstić information content (AvgIpc) is 2.60. The molecule has 0 amide bonds. The summed E-state index contributed by atoms with van der Waals surface area (Å²) in [6.07, 6.45) is 0.889. The van der Waals surface area contributed by atoms with Crippen molar-refractivity contribution in [2.75, 3.05) is 7.11 Å². The van der Waals surface area contributed by atoms with Crippen LogP contribution in [-0.4, -0.2) is 17.3 Å². The number of halogens is 1. The molecular formula is C19H16ClNO2. The van der Waals surface area contributed by atoms with Crippen LogP contribution in [0.1, 0.15) is 22.8 Å². The smallest absolute Gasteiger partial charge is 0.253 e. The summed E-state index contributed by atoms with van der Waals surface area (Å²) in [5, 5.41) is 0.296. The second-order valence-corrected chi connectivity index (χ2v) is 5.58. The third-order valence-electron chi connectivity index (χ3n) is 3.88. The van der Waals surface area contributed by atoms with E-state index in [4.69, 9.17) is 16.3 Å². The molecule has 0 N–H and O–H groups in total. The fourth-order valence-corrected chi connectivity index (χ4v) is 2.81. The maximum Gasteiger partial charge on any atom is 0.253 e. The number of methoxy groups -OCH3 is 1. The van der Waals surface area contributed by atoms with Crippen molar-refractivity contribution < 1.29 is 9.53 Å². The van der Waals surface area contributed by atoms with Crippen LogP contribution in [0.4, 0.5) is 0 Å². The predicted octanol–water partition coefficient (Wildman–Crippen LogP) is 4.85. The second-order valence-electron chi connectivity index (χ2n) is 5.23. The van der Waals surface area contributed by atoms with Gasteiger partial charge in [0, 0.05) is 16.5 Å². The van der Waals surface area contributed by atoms with E-state index in [1.54, 1.807) is 13.2 Å². The minimum Gasteiger partial charge on any atom is -0.496 e. The Morgan fingerprint density at radius 1 is 1.17 bits per heavy atom. The molecule has 0 bridgehead atoms. The minimum absolute atomic E-state index is 0.466. The van der Waals surface area contributed by atoms with Gasteiger partial charge >= 0.3 is 0 Å². The lowest BCUT2D eigenvalue weighted by Gasteiger charge is -2.11. The highest BCUT2D eigenvalue weighted by atomic mass is 35.5. The van der Waals surface area contributed by atoms with Gasteiger partial charge in [0.25, 0.3) is 5.24 Å². The molecule has 23 heavy (non-hydrogen) atoms. The zero-order valence-corrected chi connectivity index (χ0v) is 13.7. The fourth-order valence-electron chi connectivity index (χ4n) is 2.65. The number of nitrogens with zero attached hydrogens (tertiary/aromatic N) is 1. The summed E-state index contributed by atoms with van der Waals surface area (Å²) in [5.41, 5.74) is 3.85. The molecule has 0 spiro atoms. The highest BCUT2D eigenvalue weighted by Crippen LogP contribution is 2.32. The number of pyridine rings is 1. The number of hydrogen-bond acceptors (Lipinski definition) is 3. The summed E-state index contributed by atoms with van der Waals surface area (Å²) in [4.78, 5) is 16.6. The highest BCUT2D eigenvalue weighted by molar-refractivity contribution is 6.68. The van der Waals surface area contributed by atoms with Gasteiger partial charge in [-0.3, -0.25) is 4.79 Å². The first-order valence-corrected chi connectivity index (χ1v) is 7.78. The summed E-state index contributed by atoms with van der Waals surface area (Å²) >= 11 is 5.81. The third kappa shape index (κ3) is 2.92. The fraction of sp³-hybridized carbons (Fsp3) is 0.158. The number of carbonyl (C=O) groups excluding carboxylic acids is 1. The third-order valence-corrected chi connectivity index (χ3v) is 4.08. The van der Waals surface area contributed by atoms with Crippen LogP contribution >= 0.6 is 11.6 Å². The van der Waals surface area contributed by atoms with Crippen LogP contribution in [0.3, 0.4) is 0 Å². The molecular weight excluding hydrogens is 310 g/mol. The first kappa shape index (κ1) is 15.5. The summed E-state index contributed by atoms with van der Waals surface area (Å²) < 4.78 is 5.39. The molecule has 0 aliphatic carbocycles. The van der Waals surface area contributed by atoms with E-state index in [1.807, 2.05) is 42.5 Å². The zero-order valence-electron chi connectivity index (χ0n) is 13.0. The van der Waals surface area contributed by atoms with E-state index in [9.17, 15) is 4.79 Å². The molecule has 4 heteroatoms. The Balaban J connectivity index is 2.29. The van der Waals surface area contributed by atoms with Crippen LogP contribution in [-0.2, 0) is 6.42 Å². The van der Waals surface area contributed by atoms with Gasteiger partial charge < -0.3 is 4.74 Å². The molecule has 116 valence electrons. The largest absolute Gasteiger partial charge is 0.496 e. The van der Waals surface area contributed by atoms with Crippen molar-refractivity contribution in [3.05, 3.63) is 59.7 Å². The number of ether oxygens (including phenoxy) is 1. The first-order chi connectivity index (χ1) is 11.1. The molecule has 3 aromatic rings. The molecule has 0 atom stereocenters. The van der Waals surface area contributed by atoms with Crippen molar-refractivity contribution in [2.24, 2.45) is 0 Å². The van der Waals surface area contributed by atoms with Gasteiger partial charge in [0.15, 0.2) is 0 Å². The molecule has 2 aromatic carbocycles. The molecule has 0 aliphatic rings. The standard InChI is InChI=1S/C19H16ClNO2/c1-3-12-8-9-16-14(10-12)15(19(20)22)11-17(21-16)13-6-4-5-7-18(13)23-2/h4-11H,3H2,1-2H3. The Morgan fingerprint density at radius 2 is 1.96 bits per heavy atom. The van der Waals surface area contributed by atoms with Gasteiger partial charge in [-0.2, -0.15) is 0 Å². The molecule has 1 aromatic heterocycles. The Labute approximate surface area is 139 Å². The van der Waals surface area contributed by atoms with Crippen LogP contribution in [0.25, 0.3) is 22.2 Å². The number of rotatable bonds is 4. The maximum absolute atomic E-state index is 11.9. The normalized spacial score (nSPS) is 10.7. The molecule has 0 saturated carbocycles. The SMILES string of the molecule is CCc1ccc2nc(-c3ccccc3OC)cc(C(=O)Cl)c2c1. The number of hydrogen-bond donors (Lipinski definition) is 0. The van der Waals surface area contributed by atoms with Gasteiger partial charge in [0.1, 0.15) is 5.75 Å². The van der Waals surface area contributed by atoms with Gasteiger partial charge in [-0.15, -0.1) is 0 Å². The van der Waals surface area contributed by atoms with Crippen LogP contribution in [0.15, 0.2) is 48.5 Å². The molecule has 0 fully saturated rings. The lowest BCUT2D eigenvalue weighted by molar-refractivity contribution is 0.108. The van der Waals surface area contributed by atoms with Gasteiger partial charge in [-0.05, 0) is 53.9 Å². The van der Waals surface area contributed by atoms with Crippen LogP contribution in [0.2, 0.25) is 0 Å². The van der Waals surface area contributed by atoms with Crippen LogP contribution < -0.4 is 4.74 Å². The van der Waals surface area contributed by atoms with E-state index < -0.39 is 5.24 Å². The van der Waals surface area contributed by atoms with Crippen LogP contribution in [0.5, 0.6) is 5.75 Å². The molecule has 0 aliphatic heterocycles. The van der Waals surface area contributed by atoms with Gasteiger partial charge in [0.2, 0.25) is 0 Å². The molecule has 0 radical (unpaired) electrons. The van der Waals surface area contributed by atoms with E-state index in [1.165, 1.54) is 0 Å². The van der Waals surface area contributed by atoms with Gasteiger partial charge in [-0.1, -0.05) is 25.1 Å². The van der Waals surface area contributed by atoms with Crippen molar-refractivity contribution in [3.8, 4) is 17.0 Å². The first-order valence-electron chi connectivity index (χ1n) is 7.41. The maximum atomic E-state index is 11.9. The average molecular weight is 326 g/mol.